The van der Waals surface area contributed by atoms with E-state index in [2.05, 4.69) is 10.2 Å². The number of hydrogen-bond acceptors (Lipinski definition) is 4. The molecule has 5 heteroatoms. The first-order valence-electron chi connectivity index (χ1n) is 7.22. The van der Waals surface area contributed by atoms with E-state index in [1.165, 1.54) is 0 Å². The second kappa shape index (κ2) is 8.15. The molecule has 1 rings (SSSR count). The van der Waals surface area contributed by atoms with Crippen molar-refractivity contribution in [3.05, 3.63) is 0 Å². The minimum absolute atomic E-state index is 0.0649. The number of nitrogens with one attached hydrogen (secondary N) is 1. The standard InChI is InChI=1S/C14H26N2O3/c1-4-7-15-14(18)12-5-8-16(9-6-12)10-13(17)19-11(2)3/h11-12H,4-10H2,1-3H3,(H,15,18). The van der Waals surface area contributed by atoms with Crippen LogP contribution in [0.25, 0.3) is 0 Å². The van der Waals surface area contributed by atoms with Gasteiger partial charge in [0.25, 0.3) is 0 Å². The molecule has 5 nitrogen and oxygen atoms in total. The highest BCUT2D eigenvalue weighted by Gasteiger charge is 2.25. The minimum Gasteiger partial charge on any atom is -0.462 e. The van der Waals surface area contributed by atoms with E-state index in [4.69, 9.17) is 4.74 Å². The molecule has 0 aromatic heterocycles. The molecule has 1 aliphatic heterocycles. The quantitative estimate of drug-likeness (QED) is 0.736. The Bertz CT molecular complexity index is 297. The zero-order valence-electron chi connectivity index (χ0n) is 12.3. The van der Waals surface area contributed by atoms with Crippen molar-refractivity contribution in [2.75, 3.05) is 26.2 Å². The predicted molar refractivity (Wildman–Crippen MR) is 73.7 cm³/mol. The molecule has 1 saturated heterocycles. The lowest BCUT2D eigenvalue weighted by Crippen LogP contribution is -2.42. The molecule has 0 saturated carbocycles. The van der Waals surface area contributed by atoms with Crippen molar-refractivity contribution in [2.45, 2.75) is 46.1 Å². The summed E-state index contributed by atoms with van der Waals surface area (Å²) in [7, 11) is 0. The Morgan fingerprint density at radius 1 is 1.32 bits per heavy atom. The maximum atomic E-state index is 11.8. The summed E-state index contributed by atoms with van der Waals surface area (Å²) in [6, 6.07) is 0. The molecular formula is C14H26N2O3. The van der Waals surface area contributed by atoms with Crippen molar-refractivity contribution < 1.29 is 14.3 Å². The number of hydrogen-bond donors (Lipinski definition) is 1. The fourth-order valence-corrected chi connectivity index (χ4v) is 2.23. The maximum Gasteiger partial charge on any atom is 0.320 e. The first kappa shape index (κ1) is 16.0. The SMILES string of the molecule is CCCNC(=O)C1CCN(CC(=O)OC(C)C)CC1. The van der Waals surface area contributed by atoms with Crippen LogP contribution < -0.4 is 5.32 Å². The second-order valence-electron chi connectivity index (χ2n) is 5.38. The highest BCUT2D eigenvalue weighted by Crippen LogP contribution is 2.17. The molecule has 0 radical (unpaired) electrons. The molecule has 1 fully saturated rings. The van der Waals surface area contributed by atoms with Crippen molar-refractivity contribution in [2.24, 2.45) is 5.92 Å². The molecule has 0 aliphatic carbocycles. The summed E-state index contributed by atoms with van der Waals surface area (Å²) in [6.07, 6.45) is 2.55. The fraction of sp³-hybridized carbons (Fsp3) is 0.857. The number of nitrogens with zero attached hydrogens (tertiary/aromatic N) is 1. The Kier molecular flexibility index (Phi) is 6.84. The molecule has 19 heavy (non-hydrogen) atoms. The van der Waals surface area contributed by atoms with Crippen LogP contribution in [0.2, 0.25) is 0 Å². The molecular weight excluding hydrogens is 244 g/mol. The number of amides is 1. The third-order valence-corrected chi connectivity index (χ3v) is 3.23. The Morgan fingerprint density at radius 3 is 2.47 bits per heavy atom. The number of likely N-dealkylation sites (tertiary alicyclic amines) is 1. The lowest BCUT2D eigenvalue weighted by molar-refractivity contribution is -0.149. The van der Waals surface area contributed by atoms with Crippen molar-refractivity contribution in [3.8, 4) is 0 Å². The molecule has 1 heterocycles. The number of piperidine rings is 1. The van der Waals surface area contributed by atoms with Crippen LogP contribution in [-0.2, 0) is 14.3 Å². The van der Waals surface area contributed by atoms with Gasteiger partial charge in [-0.2, -0.15) is 0 Å². The molecule has 1 N–H and O–H groups in total. The van der Waals surface area contributed by atoms with E-state index >= 15 is 0 Å². The van der Waals surface area contributed by atoms with Crippen molar-refractivity contribution >= 4 is 11.9 Å². The van der Waals surface area contributed by atoms with E-state index in [1.807, 2.05) is 20.8 Å². The van der Waals surface area contributed by atoms with Gasteiger partial charge in [-0.1, -0.05) is 6.92 Å². The van der Waals surface area contributed by atoms with Gasteiger partial charge in [-0.25, -0.2) is 0 Å². The smallest absolute Gasteiger partial charge is 0.320 e. The molecule has 110 valence electrons. The topological polar surface area (TPSA) is 58.6 Å². The summed E-state index contributed by atoms with van der Waals surface area (Å²) in [6.45, 7) is 8.41. The van der Waals surface area contributed by atoms with Crippen LogP contribution in [0.1, 0.15) is 40.0 Å². The molecule has 0 aromatic carbocycles. The molecule has 1 amide bonds. The molecule has 1 aliphatic rings. The van der Waals surface area contributed by atoms with E-state index in [1.54, 1.807) is 0 Å². The third-order valence-electron chi connectivity index (χ3n) is 3.23. The third kappa shape index (κ3) is 6.05. The fourth-order valence-electron chi connectivity index (χ4n) is 2.23. The summed E-state index contributed by atoms with van der Waals surface area (Å²) < 4.78 is 5.12. The van der Waals surface area contributed by atoms with Crippen LogP contribution in [0.5, 0.6) is 0 Å². The van der Waals surface area contributed by atoms with Gasteiger partial charge in [-0.3, -0.25) is 14.5 Å². The van der Waals surface area contributed by atoms with Gasteiger partial charge in [-0.15, -0.1) is 0 Å². The van der Waals surface area contributed by atoms with Crippen LogP contribution in [0.15, 0.2) is 0 Å². The molecule has 0 bridgehead atoms. The first-order valence-corrected chi connectivity index (χ1v) is 7.22. The zero-order valence-corrected chi connectivity index (χ0v) is 12.3. The minimum atomic E-state index is -0.177. The number of ether oxygens (including phenoxy) is 1. The van der Waals surface area contributed by atoms with Crippen LogP contribution in [-0.4, -0.2) is 49.1 Å². The van der Waals surface area contributed by atoms with Gasteiger partial charge in [0.15, 0.2) is 0 Å². The largest absolute Gasteiger partial charge is 0.462 e. The van der Waals surface area contributed by atoms with E-state index in [-0.39, 0.29) is 23.9 Å². The summed E-state index contributed by atoms with van der Waals surface area (Å²) in [5.74, 6) is 0.0825. The lowest BCUT2D eigenvalue weighted by Gasteiger charge is -2.30. The summed E-state index contributed by atoms with van der Waals surface area (Å²) >= 11 is 0. The molecule has 0 spiro atoms. The molecule has 0 unspecified atom stereocenters. The first-order chi connectivity index (χ1) is 9.02. The highest BCUT2D eigenvalue weighted by atomic mass is 16.5. The van der Waals surface area contributed by atoms with Gasteiger partial charge in [0, 0.05) is 12.5 Å². The zero-order chi connectivity index (χ0) is 14.3. The average molecular weight is 270 g/mol. The van der Waals surface area contributed by atoms with Crippen molar-refractivity contribution in [3.63, 3.8) is 0 Å². The Labute approximate surface area is 115 Å². The number of esters is 1. The lowest BCUT2D eigenvalue weighted by atomic mass is 9.96. The van der Waals surface area contributed by atoms with Gasteiger partial charge >= 0.3 is 5.97 Å². The number of carbonyl (C=O) groups is 2. The molecule has 0 aromatic rings. The average Bonchev–Trinajstić information content (AvgIpc) is 2.35. The second-order valence-corrected chi connectivity index (χ2v) is 5.38. The van der Waals surface area contributed by atoms with Gasteiger partial charge < -0.3 is 10.1 Å². The van der Waals surface area contributed by atoms with E-state index in [0.717, 1.165) is 38.9 Å². The predicted octanol–water partition coefficient (Wildman–Crippen LogP) is 1.18. The van der Waals surface area contributed by atoms with E-state index in [9.17, 15) is 9.59 Å². The molecule has 0 atom stereocenters. The number of carbonyl (C=O) groups excluding carboxylic acids is 2. The normalized spacial score (nSPS) is 17.5. The summed E-state index contributed by atoms with van der Waals surface area (Å²) in [4.78, 5) is 25.4. The summed E-state index contributed by atoms with van der Waals surface area (Å²) in [5.41, 5.74) is 0. The monoisotopic (exact) mass is 270 g/mol. The van der Waals surface area contributed by atoms with Crippen LogP contribution in [0.4, 0.5) is 0 Å². The van der Waals surface area contributed by atoms with Gasteiger partial charge in [0.1, 0.15) is 0 Å². The van der Waals surface area contributed by atoms with Crippen molar-refractivity contribution in [1.29, 1.82) is 0 Å². The van der Waals surface area contributed by atoms with E-state index in [0.29, 0.717) is 6.54 Å². The van der Waals surface area contributed by atoms with Gasteiger partial charge in [-0.05, 0) is 46.2 Å². The van der Waals surface area contributed by atoms with Crippen LogP contribution in [0, 0.1) is 5.92 Å². The van der Waals surface area contributed by atoms with Crippen molar-refractivity contribution in [1.82, 2.24) is 10.2 Å². The summed E-state index contributed by atoms with van der Waals surface area (Å²) in [5, 5.41) is 2.93. The maximum absolute atomic E-state index is 11.8. The van der Waals surface area contributed by atoms with E-state index < -0.39 is 0 Å². The van der Waals surface area contributed by atoms with Gasteiger partial charge in [0.05, 0.1) is 12.6 Å². The highest BCUT2D eigenvalue weighted by molar-refractivity contribution is 5.78. The Balaban J connectivity index is 2.25. The Hall–Kier alpha value is -1.10. The Morgan fingerprint density at radius 2 is 1.95 bits per heavy atom. The number of rotatable bonds is 6. The van der Waals surface area contributed by atoms with Crippen LogP contribution in [0.3, 0.4) is 0 Å². The van der Waals surface area contributed by atoms with Crippen LogP contribution >= 0.6 is 0 Å². The van der Waals surface area contributed by atoms with Gasteiger partial charge in [0.2, 0.25) is 5.91 Å².